The number of rotatable bonds is 5. The van der Waals surface area contributed by atoms with E-state index < -0.39 is 12.5 Å². The van der Waals surface area contributed by atoms with E-state index >= 15 is 0 Å². The fraction of sp³-hybridized carbons (Fsp3) is 0.385. The number of hydrogen-bond acceptors (Lipinski definition) is 2. The van der Waals surface area contributed by atoms with E-state index in [1.807, 2.05) is 25.1 Å². The Kier molecular flexibility index (Phi) is 3.74. The molecule has 17 heavy (non-hydrogen) atoms. The van der Waals surface area contributed by atoms with Crippen LogP contribution in [-0.4, -0.2) is 13.0 Å². The van der Waals surface area contributed by atoms with Crippen LogP contribution in [0.1, 0.15) is 25.1 Å². The Morgan fingerprint density at radius 2 is 2.06 bits per heavy atom. The second-order valence-corrected chi connectivity index (χ2v) is 3.95. The molecule has 0 aliphatic rings. The van der Waals surface area contributed by atoms with E-state index in [9.17, 15) is 8.78 Å². The van der Waals surface area contributed by atoms with E-state index in [1.54, 1.807) is 12.1 Å². The minimum atomic E-state index is -2.47. The van der Waals surface area contributed by atoms with Crippen LogP contribution in [0.4, 0.5) is 8.78 Å². The molecule has 0 spiro atoms. The van der Waals surface area contributed by atoms with Crippen LogP contribution >= 0.6 is 0 Å². The predicted octanol–water partition coefficient (Wildman–Crippen LogP) is 3.74. The first-order valence-corrected chi connectivity index (χ1v) is 5.72. The van der Waals surface area contributed by atoms with Crippen molar-refractivity contribution in [3.63, 3.8) is 0 Å². The Labute approximate surface area is 98.6 Å². The minimum Gasteiger partial charge on any atom is -0.459 e. The normalized spacial score (nSPS) is 13.4. The smallest absolute Gasteiger partial charge is 0.260 e. The lowest BCUT2D eigenvalue weighted by Gasteiger charge is -2.14. The van der Waals surface area contributed by atoms with E-state index in [0.29, 0.717) is 17.9 Å². The summed E-state index contributed by atoms with van der Waals surface area (Å²) in [5, 5.41) is 3.66. The SMILES string of the molecule is CCCNC(c1cc2ccccc2o1)C(F)F. The summed E-state index contributed by atoms with van der Waals surface area (Å²) in [6.07, 6.45) is -1.66. The van der Waals surface area contributed by atoms with Crippen molar-refractivity contribution < 1.29 is 13.2 Å². The summed E-state index contributed by atoms with van der Waals surface area (Å²) in [4.78, 5) is 0. The molecule has 1 N–H and O–H groups in total. The molecule has 0 saturated carbocycles. The number of hydrogen-bond donors (Lipinski definition) is 1. The molecule has 0 amide bonds. The minimum absolute atomic E-state index is 0.301. The van der Waals surface area contributed by atoms with Gasteiger partial charge in [-0.3, -0.25) is 0 Å². The van der Waals surface area contributed by atoms with Crippen LogP contribution in [0.15, 0.2) is 34.7 Å². The van der Waals surface area contributed by atoms with Gasteiger partial charge in [-0.1, -0.05) is 25.1 Å². The van der Waals surface area contributed by atoms with Gasteiger partial charge in [0.25, 0.3) is 6.43 Å². The molecule has 2 aromatic rings. The molecule has 1 heterocycles. The summed E-state index contributed by atoms with van der Waals surface area (Å²) in [7, 11) is 0. The fourth-order valence-corrected chi connectivity index (χ4v) is 1.77. The Morgan fingerprint density at radius 1 is 1.29 bits per heavy atom. The zero-order valence-electron chi connectivity index (χ0n) is 9.62. The van der Waals surface area contributed by atoms with Gasteiger partial charge in [0.2, 0.25) is 0 Å². The average molecular weight is 239 g/mol. The second-order valence-electron chi connectivity index (χ2n) is 3.95. The van der Waals surface area contributed by atoms with Gasteiger partial charge in [0.05, 0.1) is 0 Å². The quantitative estimate of drug-likeness (QED) is 0.859. The average Bonchev–Trinajstić information content (AvgIpc) is 2.72. The molecule has 1 unspecified atom stereocenters. The van der Waals surface area contributed by atoms with Crippen LogP contribution in [-0.2, 0) is 0 Å². The van der Waals surface area contributed by atoms with Gasteiger partial charge in [-0.2, -0.15) is 0 Å². The predicted molar refractivity (Wildman–Crippen MR) is 63.3 cm³/mol. The lowest BCUT2D eigenvalue weighted by Crippen LogP contribution is -2.27. The van der Waals surface area contributed by atoms with Crippen LogP contribution in [0.5, 0.6) is 0 Å². The number of alkyl halides is 2. The molecule has 2 nitrogen and oxygen atoms in total. The Bertz CT molecular complexity index is 448. The van der Waals surface area contributed by atoms with Crippen molar-refractivity contribution in [3.8, 4) is 0 Å². The Hall–Kier alpha value is -1.42. The highest BCUT2D eigenvalue weighted by atomic mass is 19.3. The highest BCUT2D eigenvalue weighted by Crippen LogP contribution is 2.27. The summed E-state index contributed by atoms with van der Waals surface area (Å²) in [6.45, 7) is 2.49. The van der Waals surface area contributed by atoms with Crippen molar-refractivity contribution in [2.24, 2.45) is 0 Å². The fourth-order valence-electron chi connectivity index (χ4n) is 1.77. The number of nitrogens with one attached hydrogen (secondary N) is 1. The number of para-hydroxylation sites is 1. The molecule has 0 bridgehead atoms. The molecular formula is C13H15F2NO. The van der Waals surface area contributed by atoms with Crippen LogP contribution in [0.3, 0.4) is 0 Å². The second kappa shape index (κ2) is 5.27. The number of halogens is 2. The largest absolute Gasteiger partial charge is 0.459 e. The molecule has 0 fully saturated rings. The van der Waals surface area contributed by atoms with Crippen LogP contribution in [0, 0.1) is 0 Å². The first kappa shape index (κ1) is 12.0. The summed E-state index contributed by atoms with van der Waals surface area (Å²) >= 11 is 0. The number of fused-ring (bicyclic) bond motifs is 1. The van der Waals surface area contributed by atoms with Crippen LogP contribution in [0.2, 0.25) is 0 Å². The molecule has 2 rings (SSSR count). The van der Waals surface area contributed by atoms with Crippen molar-refractivity contribution in [2.75, 3.05) is 6.54 Å². The third-order valence-corrected chi connectivity index (χ3v) is 2.62. The van der Waals surface area contributed by atoms with E-state index in [1.165, 1.54) is 0 Å². The molecule has 0 radical (unpaired) electrons. The van der Waals surface area contributed by atoms with Gasteiger partial charge in [-0.25, -0.2) is 8.78 Å². The number of benzene rings is 1. The van der Waals surface area contributed by atoms with Crippen molar-refractivity contribution in [3.05, 3.63) is 36.1 Å². The molecule has 1 aromatic heterocycles. The summed E-state index contributed by atoms with van der Waals surface area (Å²) in [5.41, 5.74) is 0.645. The van der Waals surface area contributed by atoms with E-state index in [4.69, 9.17) is 4.42 Å². The third kappa shape index (κ3) is 2.64. The topological polar surface area (TPSA) is 25.2 Å². The zero-order valence-corrected chi connectivity index (χ0v) is 9.62. The maximum absolute atomic E-state index is 12.9. The van der Waals surface area contributed by atoms with Gasteiger partial charge in [-0.05, 0) is 25.1 Å². The van der Waals surface area contributed by atoms with Crippen molar-refractivity contribution in [2.45, 2.75) is 25.8 Å². The Morgan fingerprint density at radius 3 is 2.71 bits per heavy atom. The molecule has 0 saturated heterocycles. The first-order valence-electron chi connectivity index (χ1n) is 5.72. The van der Waals surface area contributed by atoms with Crippen molar-refractivity contribution in [1.29, 1.82) is 0 Å². The van der Waals surface area contributed by atoms with E-state index in [0.717, 1.165) is 11.8 Å². The molecule has 1 atom stereocenters. The Balaban J connectivity index is 2.28. The van der Waals surface area contributed by atoms with Gasteiger partial charge >= 0.3 is 0 Å². The van der Waals surface area contributed by atoms with Gasteiger partial charge in [0.15, 0.2) is 0 Å². The monoisotopic (exact) mass is 239 g/mol. The molecule has 4 heteroatoms. The highest BCUT2D eigenvalue weighted by molar-refractivity contribution is 5.77. The number of furan rings is 1. The van der Waals surface area contributed by atoms with Crippen molar-refractivity contribution >= 4 is 11.0 Å². The van der Waals surface area contributed by atoms with Gasteiger partial charge < -0.3 is 9.73 Å². The van der Waals surface area contributed by atoms with E-state index in [2.05, 4.69) is 5.32 Å². The lowest BCUT2D eigenvalue weighted by atomic mass is 10.2. The standard InChI is InChI=1S/C13H15F2NO/c1-2-7-16-12(13(14)15)11-8-9-5-3-4-6-10(9)17-11/h3-6,8,12-13,16H,2,7H2,1H3. The van der Waals surface area contributed by atoms with Crippen LogP contribution < -0.4 is 5.32 Å². The molecule has 0 aliphatic carbocycles. The maximum Gasteiger partial charge on any atom is 0.260 e. The molecule has 0 aliphatic heterocycles. The summed E-state index contributed by atoms with van der Waals surface area (Å²) in [6, 6.07) is 7.97. The molecular weight excluding hydrogens is 224 g/mol. The highest BCUT2D eigenvalue weighted by Gasteiger charge is 2.25. The van der Waals surface area contributed by atoms with Crippen molar-refractivity contribution in [1.82, 2.24) is 5.32 Å². The van der Waals surface area contributed by atoms with E-state index in [-0.39, 0.29) is 0 Å². The van der Waals surface area contributed by atoms with Gasteiger partial charge in [0.1, 0.15) is 17.4 Å². The summed E-state index contributed by atoms with van der Waals surface area (Å²) < 4.78 is 31.3. The molecule has 1 aromatic carbocycles. The third-order valence-electron chi connectivity index (χ3n) is 2.62. The lowest BCUT2D eigenvalue weighted by molar-refractivity contribution is 0.0889. The molecule has 92 valence electrons. The summed E-state index contributed by atoms with van der Waals surface area (Å²) in [5.74, 6) is 0.301. The zero-order chi connectivity index (χ0) is 12.3. The van der Waals surface area contributed by atoms with Crippen LogP contribution in [0.25, 0.3) is 11.0 Å². The van der Waals surface area contributed by atoms with Gasteiger partial charge in [0, 0.05) is 5.39 Å². The van der Waals surface area contributed by atoms with Gasteiger partial charge in [-0.15, -0.1) is 0 Å². The maximum atomic E-state index is 12.9. The first-order chi connectivity index (χ1) is 8.22.